The molecule has 0 amide bonds. The number of sulfone groups is 1. The van der Waals surface area contributed by atoms with Gasteiger partial charge < -0.3 is 4.74 Å². The number of hydrogen-bond acceptors (Lipinski definition) is 5. The van der Waals surface area contributed by atoms with E-state index in [9.17, 15) is 22.4 Å². The second-order valence-corrected chi connectivity index (χ2v) is 6.79. The van der Waals surface area contributed by atoms with Crippen molar-refractivity contribution < 1.29 is 27.1 Å². The van der Waals surface area contributed by atoms with Crippen LogP contribution in [0.25, 0.3) is 0 Å². The molecule has 0 aliphatic carbocycles. The minimum absolute atomic E-state index is 0.0809. The molecule has 0 N–H and O–H groups in total. The molecule has 0 spiro atoms. The van der Waals surface area contributed by atoms with E-state index in [1.165, 1.54) is 42.5 Å². The van der Waals surface area contributed by atoms with Gasteiger partial charge in [-0.15, -0.1) is 0 Å². The van der Waals surface area contributed by atoms with Crippen molar-refractivity contribution in [2.24, 2.45) is 0 Å². The minimum atomic E-state index is -3.35. The maximum Gasteiger partial charge on any atom is 0.341 e. The van der Waals surface area contributed by atoms with Gasteiger partial charge in [0.25, 0.3) is 0 Å². The van der Waals surface area contributed by atoms with Gasteiger partial charge in [-0.1, -0.05) is 12.1 Å². The van der Waals surface area contributed by atoms with Crippen LogP contribution >= 0.6 is 0 Å². The molecule has 23 heavy (non-hydrogen) atoms. The summed E-state index contributed by atoms with van der Waals surface area (Å²) in [5.41, 5.74) is -0.0635. The summed E-state index contributed by atoms with van der Waals surface area (Å²) in [6, 6.07) is 10.5. The van der Waals surface area contributed by atoms with E-state index in [1.807, 2.05) is 0 Å². The van der Waals surface area contributed by atoms with Gasteiger partial charge in [0.1, 0.15) is 5.82 Å². The first-order valence-electron chi connectivity index (χ1n) is 6.54. The minimum Gasteiger partial charge on any atom is -0.454 e. The summed E-state index contributed by atoms with van der Waals surface area (Å²) in [6.07, 6.45) is 1.06. The lowest BCUT2D eigenvalue weighted by Crippen LogP contribution is -2.15. The van der Waals surface area contributed by atoms with Crippen molar-refractivity contribution in [2.45, 2.75) is 4.90 Å². The van der Waals surface area contributed by atoms with Crippen molar-refractivity contribution in [3.05, 3.63) is 65.5 Å². The molecule has 0 saturated carbocycles. The second kappa shape index (κ2) is 6.70. The molecule has 0 saturated heterocycles. The third-order valence-electron chi connectivity index (χ3n) is 3.03. The molecule has 0 aliphatic heterocycles. The standard InChI is InChI=1S/C16H13FO5S/c1-23(20,21)12-8-6-11(7-9-12)15(18)10-22-16(19)13-4-2-3-5-14(13)17/h2-9H,10H2,1H3. The molecule has 5 nitrogen and oxygen atoms in total. The molecule has 0 aromatic heterocycles. The lowest BCUT2D eigenvalue weighted by molar-refractivity contribution is 0.0470. The molecule has 0 radical (unpaired) electrons. The Morgan fingerprint density at radius 1 is 1.04 bits per heavy atom. The number of benzene rings is 2. The molecular weight excluding hydrogens is 323 g/mol. The fourth-order valence-electron chi connectivity index (χ4n) is 1.81. The zero-order valence-electron chi connectivity index (χ0n) is 12.2. The SMILES string of the molecule is CS(=O)(=O)c1ccc(C(=O)COC(=O)c2ccccc2F)cc1. The molecule has 0 unspecified atom stereocenters. The highest BCUT2D eigenvalue weighted by Crippen LogP contribution is 2.12. The van der Waals surface area contributed by atoms with E-state index in [0.717, 1.165) is 12.3 Å². The summed E-state index contributed by atoms with van der Waals surface area (Å²) >= 11 is 0. The normalized spacial score (nSPS) is 11.0. The van der Waals surface area contributed by atoms with Crippen molar-refractivity contribution in [2.75, 3.05) is 12.9 Å². The van der Waals surface area contributed by atoms with Crippen LogP contribution in [-0.4, -0.2) is 33.0 Å². The van der Waals surface area contributed by atoms with E-state index in [0.29, 0.717) is 0 Å². The highest BCUT2D eigenvalue weighted by molar-refractivity contribution is 7.90. The van der Waals surface area contributed by atoms with Crippen LogP contribution < -0.4 is 0 Å². The molecule has 0 bridgehead atoms. The first-order chi connectivity index (χ1) is 10.8. The second-order valence-electron chi connectivity index (χ2n) is 4.78. The van der Waals surface area contributed by atoms with Gasteiger partial charge in [0.15, 0.2) is 22.2 Å². The van der Waals surface area contributed by atoms with Crippen LogP contribution in [0.4, 0.5) is 4.39 Å². The van der Waals surface area contributed by atoms with Crippen molar-refractivity contribution in [1.29, 1.82) is 0 Å². The van der Waals surface area contributed by atoms with E-state index in [2.05, 4.69) is 0 Å². The molecule has 0 atom stereocenters. The monoisotopic (exact) mass is 336 g/mol. The summed E-state index contributed by atoms with van der Waals surface area (Å²) in [5, 5.41) is 0. The number of hydrogen-bond donors (Lipinski definition) is 0. The van der Waals surface area contributed by atoms with Crippen molar-refractivity contribution in [1.82, 2.24) is 0 Å². The van der Waals surface area contributed by atoms with Crippen molar-refractivity contribution >= 4 is 21.6 Å². The molecule has 2 aromatic carbocycles. The molecule has 120 valence electrons. The van der Waals surface area contributed by atoms with Crippen molar-refractivity contribution in [3.63, 3.8) is 0 Å². The number of carbonyl (C=O) groups excluding carboxylic acids is 2. The zero-order valence-corrected chi connectivity index (χ0v) is 13.0. The fraction of sp³-hybridized carbons (Fsp3) is 0.125. The van der Waals surface area contributed by atoms with Gasteiger partial charge in [0, 0.05) is 11.8 Å². The number of ketones is 1. The topological polar surface area (TPSA) is 77.5 Å². The number of halogens is 1. The van der Waals surface area contributed by atoms with E-state index in [1.54, 1.807) is 0 Å². The van der Waals surface area contributed by atoms with Gasteiger partial charge in [-0.3, -0.25) is 4.79 Å². The van der Waals surface area contributed by atoms with E-state index >= 15 is 0 Å². The number of carbonyl (C=O) groups is 2. The Morgan fingerprint density at radius 3 is 2.22 bits per heavy atom. The number of ether oxygens (including phenoxy) is 1. The lowest BCUT2D eigenvalue weighted by atomic mass is 10.1. The average molecular weight is 336 g/mol. The van der Waals surface area contributed by atoms with Crippen LogP contribution in [0.5, 0.6) is 0 Å². The predicted octanol–water partition coefficient (Wildman–Crippen LogP) is 2.27. The fourth-order valence-corrected chi connectivity index (χ4v) is 2.44. The van der Waals surface area contributed by atoms with E-state index in [-0.39, 0.29) is 16.0 Å². The Morgan fingerprint density at radius 2 is 1.65 bits per heavy atom. The van der Waals surface area contributed by atoms with E-state index < -0.39 is 34.0 Å². The quantitative estimate of drug-likeness (QED) is 0.618. The molecule has 0 aliphatic rings. The van der Waals surface area contributed by atoms with Crippen LogP contribution in [0.1, 0.15) is 20.7 Å². The molecule has 0 heterocycles. The summed E-state index contributed by atoms with van der Waals surface area (Å²) in [4.78, 5) is 23.7. The first kappa shape index (κ1) is 16.8. The van der Waals surface area contributed by atoms with Crippen LogP contribution in [0.3, 0.4) is 0 Å². The predicted molar refractivity (Wildman–Crippen MR) is 80.6 cm³/mol. The third kappa shape index (κ3) is 4.23. The number of Topliss-reactive ketones (excluding diaryl/α,β-unsaturated/α-hetero) is 1. The Balaban J connectivity index is 2.03. The smallest absolute Gasteiger partial charge is 0.341 e. The Hall–Kier alpha value is -2.54. The molecular formula is C16H13FO5S. The Kier molecular flexibility index (Phi) is 4.90. The van der Waals surface area contributed by atoms with Crippen molar-refractivity contribution in [3.8, 4) is 0 Å². The summed E-state index contributed by atoms with van der Waals surface area (Å²) in [5.74, 6) is -2.19. The Labute approximate surface area is 132 Å². The Bertz CT molecular complexity index is 841. The summed E-state index contributed by atoms with van der Waals surface area (Å²) < 4.78 is 40.8. The van der Waals surface area contributed by atoms with Crippen LogP contribution in [-0.2, 0) is 14.6 Å². The molecule has 2 aromatic rings. The van der Waals surface area contributed by atoms with Gasteiger partial charge in [0.05, 0.1) is 10.5 Å². The molecule has 7 heteroatoms. The third-order valence-corrected chi connectivity index (χ3v) is 4.16. The summed E-state index contributed by atoms with van der Waals surface area (Å²) in [7, 11) is -3.35. The maximum absolute atomic E-state index is 13.4. The highest BCUT2D eigenvalue weighted by atomic mass is 32.2. The largest absolute Gasteiger partial charge is 0.454 e. The first-order valence-corrected chi connectivity index (χ1v) is 8.43. The highest BCUT2D eigenvalue weighted by Gasteiger charge is 2.15. The number of rotatable bonds is 5. The van der Waals surface area contributed by atoms with Crippen LogP contribution in [0, 0.1) is 5.82 Å². The zero-order chi connectivity index (χ0) is 17.0. The maximum atomic E-state index is 13.4. The summed E-state index contributed by atoms with van der Waals surface area (Å²) in [6.45, 7) is -0.564. The lowest BCUT2D eigenvalue weighted by Gasteiger charge is -2.06. The number of esters is 1. The van der Waals surface area contributed by atoms with E-state index in [4.69, 9.17) is 4.74 Å². The van der Waals surface area contributed by atoms with Gasteiger partial charge in [-0.05, 0) is 36.4 Å². The average Bonchev–Trinajstić information content (AvgIpc) is 2.52. The van der Waals surface area contributed by atoms with Gasteiger partial charge in [0.2, 0.25) is 0 Å². The van der Waals surface area contributed by atoms with Crippen LogP contribution in [0.2, 0.25) is 0 Å². The van der Waals surface area contributed by atoms with Gasteiger partial charge >= 0.3 is 5.97 Å². The van der Waals surface area contributed by atoms with Gasteiger partial charge in [-0.2, -0.15) is 0 Å². The van der Waals surface area contributed by atoms with Crippen LogP contribution in [0.15, 0.2) is 53.4 Å². The molecule has 0 fully saturated rings. The van der Waals surface area contributed by atoms with Gasteiger partial charge in [-0.25, -0.2) is 17.6 Å². The molecule has 2 rings (SSSR count).